The SMILES string of the molecule is CC1CCC(Oc2nc[nH]c(=O)c2Cl)CC1. The van der Waals surface area contributed by atoms with Crippen LogP contribution in [-0.2, 0) is 0 Å². The Morgan fingerprint density at radius 3 is 2.81 bits per heavy atom. The molecule has 1 heterocycles. The van der Waals surface area contributed by atoms with Gasteiger partial charge in [-0.3, -0.25) is 4.79 Å². The third-order valence-electron chi connectivity index (χ3n) is 3.01. The topological polar surface area (TPSA) is 55.0 Å². The van der Waals surface area contributed by atoms with Gasteiger partial charge in [0, 0.05) is 0 Å². The van der Waals surface area contributed by atoms with Crippen molar-refractivity contribution in [2.45, 2.75) is 38.7 Å². The lowest BCUT2D eigenvalue weighted by atomic mass is 9.89. The van der Waals surface area contributed by atoms with Crippen LogP contribution in [0.15, 0.2) is 11.1 Å². The van der Waals surface area contributed by atoms with Crippen LogP contribution in [-0.4, -0.2) is 16.1 Å². The Morgan fingerprint density at radius 1 is 1.44 bits per heavy atom. The maximum absolute atomic E-state index is 11.2. The molecule has 1 aromatic rings. The molecule has 0 unspecified atom stereocenters. The summed E-state index contributed by atoms with van der Waals surface area (Å²) in [5, 5.41) is 0.0427. The van der Waals surface area contributed by atoms with Crippen LogP contribution in [0, 0.1) is 5.92 Å². The largest absolute Gasteiger partial charge is 0.473 e. The average molecular weight is 243 g/mol. The second-order valence-corrected chi connectivity index (χ2v) is 4.73. The molecule has 0 radical (unpaired) electrons. The summed E-state index contributed by atoms with van der Waals surface area (Å²) in [5.41, 5.74) is -0.351. The summed E-state index contributed by atoms with van der Waals surface area (Å²) < 4.78 is 5.65. The number of halogens is 1. The Balaban J connectivity index is 2.04. The van der Waals surface area contributed by atoms with Crippen LogP contribution >= 0.6 is 11.6 Å². The third-order valence-corrected chi connectivity index (χ3v) is 3.34. The van der Waals surface area contributed by atoms with Crippen molar-refractivity contribution in [2.24, 2.45) is 5.92 Å². The van der Waals surface area contributed by atoms with Gasteiger partial charge in [-0.1, -0.05) is 18.5 Å². The summed E-state index contributed by atoms with van der Waals surface area (Å²) in [7, 11) is 0. The molecule has 1 aromatic heterocycles. The number of H-pyrrole nitrogens is 1. The Kier molecular flexibility index (Phi) is 3.49. The maximum atomic E-state index is 11.2. The molecule has 0 saturated heterocycles. The van der Waals surface area contributed by atoms with Crippen LogP contribution in [0.5, 0.6) is 5.88 Å². The van der Waals surface area contributed by atoms with Gasteiger partial charge < -0.3 is 9.72 Å². The molecule has 88 valence electrons. The zero-order chi connectivity index (χ0) is 11.5. The van der Waals surface area contributed by atoms with Gasteiger partial charge in [0.05, 0.1) is 6.33 Å². The van der Waals surface area contributed by atoms with Gasteiger partial charge in [-0.25, -0.2) is 4.98 Å². The molecule has 1 aliphatic carbocycles. The monoisotopic (exact) mass is 242 g/mol. The van der Waals surface area contributed by atoms with Crippen molar-refractivity contribution in [3.05, 3.63) is 21.7 Å². The normalized spacial score (nSPS) is 25.4. The Labute approximate surface area is 99.0 Å². The van der Waals surface area contributed by atoms with Crippen LogP contribution in [0.3, 0.4) is 0 Å². The Hall–Kier alpha value is -1.03. The number of nitrogens with zero attached hydrogens (tertiary/aromatic N) is 1. The Morgan fingerprint density at radius 2 is 2.12 bits per heavy atom. The number of aromatic amines is 1. The molecule has 0 amide bonds. The lowest BCUT2D eigenvalue weighted by molar-refractivity contribution is 0.130. The first kappa shape index (κ1) is 11.5. The van der Waals surface area contributed by atoms with Gasteiger partial charge in [0.2, 0.25) is 5.88 Å². The van der Waals surface area contributed by atoms with E-state index < -0.39 is 0 Å². The maximum Gasteiger partial charge on any atom is 0.273 e. The Bertz CT molecular complexity index is 411. The van der Waals surface area contributed by atoms with Crippen LogP contribution in [0.25, 0.3) is 0 Å². The number of hydrogen-bond acceptors (Lipinski definition) is 3. The summed E-state index contributed by atoms with van der Waals surface area (Å²) in [6, 6.07) is 0. The van der Waals surface area contributed by atoms with Crippen molar-refractivity contribution < 1.29 is 4.74 Å². The predicted octanol–water partition coefficient (Wildman–Crippen LogP) is 2.38. The first-order valence-electron chi connectivity index (χ1n) is 5.56. The minimum absolute atomic E-state index is 0.0427. The van der Waals surface area contributed by atoms with E-state index in [0.29, 0.717) is 0 Å². The fourth-order valence-electron chi connectivity index (χ4n) is 1.95. The highest BCUT2D eigenvalue weighted by atomic mass is 35.5. The molecular weight excluding hydrogens is 228 g/mol. The van der Waals surface area contributed by atoms with E-state index in [-0.39, 0.29) is 22.6 Å². The minimum atomic E-state index is -0.351. The number of aromatic nitrogens is 2. The molecule has 0 bridgehead atoms. The van der Waals surface area contributed by atoms with Gasteiger partial charge in [0.1, 0.15) is 6.10 Å². The number of nitrogens with one attached hydrogen (secondary N) is 1. The van der Waals surface area contributed by atoms with E-state index in [0.717, 1.165) is 31.6 Å². The molecule has 16 heavy (non-hydrogen) atoms. The highest BCUT2D eigenvalue weighted by Crippen LogP contribution is 2.27. The van der Waals surface area contributed by atoms with Gasteiger partial charge in [0.25, 0.3) is 5.56 Å². The van der Waals surface area contributed by atoms with Crippen LogP contribution < -0.4 is 10.3 Å². The molecule has 5 heteroatoms. The van der Waals surface area contributed by atoms with Crippen molar-refractivity contribution in [1.82, 2.24) is 9.97 Å². The minimum Gasteiger partial charge on any atom is -0.473 e. The van der Waals surface area contributed by atoms with E-state index in [2.05, 4.69) is 16.9 Å². The van der Waals surface area contributed by atoms with E-state index in [9.17, 15) is 4.79 Å². The van der Waals surface area contributed by atoms with E-state index in [1.165, 1.54) is 6.33 Å². The number of hydrogen-bond donors (Lipinski definition) is 1. The van der Waals surface area contributed by atoms with E-state index in [4.69, 9.17) is 16.3 Å². The smallest absolute Gasteiger partial charge is 0.273 e. The van der Waals surface area contributed by atoms with Crippen molar-refractivity contribution in [1.29, 1.82) is 0 Å². The second-order valence-electron chi connectivity index (χ2n) is 4.35. The van der Waals surface area contributed by atoms with Gasteiger partial charge in [-0.15, -0.1) is 0 Å². The highest BCUT2D eigenvalue weighted by molar-refractivity contribution is 6.31. The predicted molar refractivity (Wildman–Crippen MR) is 61.9 cm³/mol. The average Bonchev–Trinajstić information content (AvgIpc) is 2.28. The molecule has 0 spiro atoms. The van der Waals surface area contributed by atoms with Crippen LogP contribution in [0.4, 0.5) is 0 Å². The number of ether oxygens (including phenoxy) is 1. The first-order chi connectivity index (χ1) is 7.66. The summed E-state index contributed by atoms with van der Waals surface area (Å²) in [6.07, 6.45) is 5.78. The lowest BCUT2D eigenvalue weighted by Crippen LogP contribution is -2.24. The van der Waals surface area contributed by atoms with Gasteiger partial charge in [0.15, 0.2) is 5.02 Å². The number of rotatable bonds is 2. The third kappa shape index (κ3) is 2.55. The summed E-state index contributed by atoms with van der Waals surface area (Å²) in [6.45, 7) is 2.24. The van der Waals surface area contributed by atoms with E-state index in [1.807, 2.05) is 0 Å². The van der Waals surface area contributed by atoms with Gasteiger partial charge in [-0.05, 0) is 31.6 Å². The highest BCUT2D eigenvalue weighted by Gasteiger charge is 2.21. The van der Waals surface area contributed by atoms with Gasteiger partial charge in [-0.2, -0.15) is 0 Å². The van der Waals surface area contributed by atoms with Crippen LogP contribution in [0.1, 0.15) is 32.6 Å². The summed E-state index contributed by atoms with van der Waals surface area (Å²) in [5.74, 6) is 1.02. The second kappa shape index (κ2) is 4.87. The fraction of sp³-hybridized carbons (Fsp3) is 0.636. The van der Waals surface area contributed by atoms with Gasteiger partial charge >= 0.3 is 0 Å². The quantitative estimate of drug-likeness (QED) is 0.866. The molecule has 1 fully saturated rings. The van der Waals surface area contributed by atoms with E-state index >= 15 is 0 Å². The molecule has 4 nitrogen and oxygen atoms in total. The summed E-state index contributed by atoms with van der Waals surface area (Å²) >= 11 is 5.81. The molecule has 1 saturated carbocycles. The zero-order valence-corrected chi connectivity index (χ0v) is 9.96. The molecule has 0 atom stereocenters. The van der Waals surface area contributed by atoms with Crippen molar-refractivity contribution in [3.63, 3.8) is 0 Å². The molecule has 1 aliphatic rings. The standard InChI is InChI=1S/C11H15ClN2O2/c1-7-2-4-8(5-3-7)16-11-9(12)10(15)13-6-14-11/h6-8H,2-5H2,1H3,(H,13,14,15). The zero-order valence-electron chi connectivity index (χ0n) is 9.20. The van der Waals surface area contributed by atoms with Crippen molar-refractivity contribution in [3.8, 4) is 5.88 Å². The van der Waals surface area contributed by atoms with Crippen LogP contribution in [0.2, 0.25) is 5.02 Å². The van der Waals surface area contributed by atoms with Crippen molar-refractivity contribution >= 4 is 11.6 Å². The molecule has 0 aromatic carbocycles. The molecule has 1 N–H and O–H groups in total. The molecule has 0 aliphatic heterocycles. The lowest BCUT2D eigenvalue weighted by Gasteiger charge is -2.26. The molecular formula is C11H15ClN2O2. The van der Waals surface area contributed by atoms with E-state index in [1.54, 1.807) is 0 Å². The fourth-order valence-corrected chi connectivity index (χ4v) is 2.10. The first-order valence-corrected chi connectivity index (χ1v) is 5.94. The van der Waals surface area contributed by atoms with Crippen molar-refractivity contribution in [2.75, 3.05) is 0 Å². The molecule has 2 rings (SSSR count). The summed E-state index contributed by atoms with van der Waals surface area (Å²) in [4.78, 5) is 17.6.